The Labute approximate surface area is 113 Å². The average molecular weight is 256 g/mol. The van der Waals surface area contributed by atoms with Crippen LogP contribution in [0.5, 0.6) is 5.75 Å². The van der Waals surface area contributed by atoms with Crippen molar-refractivity contribution in [2.24, 2.45) is 7.05 Å². The van der Waals surface area contributed by atoms with Gasteiger partial charge in [-0.05, 0) is 37.6 Å². The standard InChI is InChI=1S/C16H20N2O/c1-11-16(12-6-8-17-9-7-12)14-5-4-13(19-3)10-15(14)18(11)2/h4-6,10,17H,7-9H2,1-3H3. The summed E-state index contributed by atoms with van der Waals surface area (Å²) in [6.07, 6.45) is 3.42. The van der Waals surface area contributed by atoms with Crippen LogP contribution >= 0.6 is 0 Å². The Balaban J connectivity index is 2.24. The lowest BCUT2D eigenvalue weighted by molar-refractivity contribution is 0.415. The number of ether oxygens (including phenoxy) is 1. The maximum atomic E-state index is 5.33. The molecule has 2 aromatic rings. The van der Waals surface area contributed by atoms with Crippen LogP contribution in [0.25, 0.3) is 16.5 Å². The van der Waals surface area contributed by atoms with Gasteiger partial charge in [0, 0.05) is 36.3 Å². The summed E-state index contributed by atoms with van der Waals surface area (Å²) in [4.78, 5) is 0. The number of nitrogens with one attached hydrogen (secondary N) is 1. The number of aromatic nitrogens is 1. The van der Waals surface area contributed by atoms with Gasteiger partial charge >= 0.3 is 0 Å². The van der Waals surface area contributed by atoms with E-state index in [1.165, 1.54) is 27.7 Å². The monoisotopic (exact) mass is 256 g/mol. The van der Waals surface area contributed by atoms with Crippen LogP contribution < -0.4 is 10.1 Å². The lowest BCUT2D eigenvalue weighted by Crippen LogP contribution is -2.20. The van der Waals surface area contributed by atoms with Crippen molar-refractivity contribution in [2.75, 3.05) is 20.2 Å². The summed E-state index contributed by atoms with van der Waals surface area (Å²) in [7, 11) is 3.84. The largest absolute Gasteiger partial charge is 0.497 e. The molecular weight excluding hydrogens is 236 g/mol. The highest BCUT2D eigenvalue weighted by Crippen LogP contribution is 2.34. The Morgan fingerprint density at radius 3 is 2.84 bits per heavy atom. The molecule has 0 saturated heterocycles. The number of benzene rings is 1. The Hall–Kier alpha value is -1.74. The molecule has 2 heterocycles. The van der Waals surface area contributed by atoms with Gasteiger partial charge in [-0.1, -0.05) is 6.08 Å². The molecule has 0 aliphatic carbocycles. The molecule has 3 heteroatoms. The molecular formula is C16H20N2O. The summed E-state index contributed by atoms with van der Waals surface area (Å²) in [6, 6.07) is 6.35. The van der Waals surface area contributed by atoms with E-state index >= 15 is 0 Å². The van der Waals surface area contributed by atoms with Gasteiger partial charge in [-0.15, -0.1) is 0 Å². The minimum atomic E-state index is 0.916. The second-order valence-corrected chi connectivity index (χ2v) is 5.09. The molecule has 0 bridgehead atoms. The van der Waals surface area contributed by atoms with E-state index in [-0.39, 0.29) is 0 Å². The number of aryl methyl sites for hydroxylation is 1. The number of fused-ring (bicyclic) bond motifs is 1. The zero-order valence-corrected chi connectivity index (χ0v) is 11.8. The van der Waals surface area contributed by atoms with Crippen LogP contribution in [0.4, 0.5) is 0 Å². The SMILES string of the molecule is COc1ccc2c(C3=CCNCC3)c(C)n(C)c2c1. The predicted octanol–water partition coefficient (Wildman–Crippen LogP) is 2.87. The van der Waals surface area contributed by atoms with Crippen LogP contribution in [0.2, 0.25) is 0 Å². The lowest BCUT2D eigenvalue weighted by Gasteiger charge is -2.14. The topological polar surface area (TPSA) is 26.2 Å². The van der Waals surface area contributed by atoms with Crippen molar-refractivity contribution in [3.05, 3.63) is 35.5 Å². The normalized spacial score (nSPS) is 15.6. The summed E-state index contributed by atoms with van der Waals surface area (Å²) in [5.41, 5.74) is 5.44. The van der Waals surface area contributed by atoms with Gasteiger partial charge in [-0.25, -0.2) is 0 Å². The molecule has 1 N–H and O–H groups in total. The molecule has 19 heavy (non-hydrogen) atoms. The lowest BCUT2D eigenvalue weighted by atomic mass is 9.97. The summed E-state index contributed by atoms with van der Waals surface area (Å²) in [6.45, 7) is 4.24. The highest BCUT2D eigenvalue weighted by molar-refractivity contribution is 5.95. The van der Waals surface area contributed by atoms with Crippen molar-refractivity contribution in [2.45, 2.75) is 13.3 Å². The Morgan fingerprint density at radius 2 is 2.16 bits per heavy atom. The molecule has 3 nitrogen and oxygen atoms in total. The first-order chi connectivity index (χ1) is 9.22. The quantitative estimate of drug-likeness (QED) is 0.894. The van der Waals surface area contributed by atoms with E-state index in [4.69, 9.17) is 4.74 Å². The molecule has 0 spiro atoms. The fourth-order valence-electron chi connectivity index (χ4n) is 2.93. The van der Waals surface area contributed by atoms with Crippen LogP contribution in [0, 0.1) is 6.92 Å². The van der Waals surface area contributed by atoms with E-state index in [1.54, 1.807) is 7.11 Å². The molecule has 0 saturated carbocycles. The van der Waals surface area contributed by atoms with Gasteiger partial charge in [0.05, 0.1) is 12.6 Å². The van der Waals surface area contributed by atoms with Gasteiger partial charge in [0.1, 0.15) is 5.75 Å². The number of rotatable bonds is 2. The first-order valence-electron chi connectivity index (χ1n) is 6.75. The third-order valence-electron chi connectivity index (χ3n) is 4.09. The van der Waals surface area contributed by atoms with E-state index < -0.39 is 0 Å². The van der Waals surface area contributed by atoms with Crippen molar-refractivity contribution >= 4 is 16.5 Å². The summed E-state index contributed by atoms with van der Waals surface area (Å²) in [5.74, 6) is 0.916. The smallest absolute Gasteiger partial charge is 0.120 e. The Morgan fingerprint density at radius 1 is 1.32 bits per heavy atom. The van der Waals surface area contributed by atoms with Gasteiger partial charge in [0.25, 0.3) is 0 Å². The van der Waals surface area contributed by atoms with Crippen LogP contribution in [-0.4, -0.2) is 24.8 Å². The highest BCUT2D eigenvalue weighted by Gasteiger charge is 2.17. The number of hydrogen-bond donors (Lipinski definition) is 1. The van der Waals surface area contributed by atoms with Crippen molar-refractivity contribution in [3.8, 4) is 5.75 Å². The first kappa shape index (κ1) is 12.3. The average Bonchev–Trinajstić information content (AvgIpc) is 2.71. The Kier molecular flexibility index (Phi) is 3.07. The van der Waals surface area contributed by atoms with Crippen LogP contribution in [0.15, 0.2) is 24.3 Å². The number of nitrogens with zero attached hydrogens (tertiary/aromatic N) is 1. The molecule has 100 valence electrons. The molecule has 1 aromatic heterocycles. The third kappa shape index (κ3) is 1.94. The fourth-order valence-corrected chi connectivity index (χ4v) is 2.93. The summed E-state index contributed by atoms with van der Waals surface area (Å²) >= 11 is 0. The van der Waals surface area contributed by atoms with Crippen molar-refractivity contribution in [1.29, 1.82) is 0 Å². The summed E-state index contributed by atoms with van der Waals surface area (Å²) < 4.78 is 7.59. The van der Waals surface area contributed by atoms with E-state index in [0.717, 1.165) is 25.3 Å². The van der Waals surface area contributed by atoms with Gasteiger partial charge in [0.2, 0.25) is 0 Å². The fraction of sp³-hybridized carbons (Fsp3) is 0.375. The van der Waals surface area contributed by atoms with Gasteiger partial charge in [0.15, 0.2) is 0 Å². The zero-order chi connectivity index (χ0) is 13.4. The minimum absolute atomic E-state index is 0.916. The second kappa shape index (κ2) is 4.74. The molecule has 1 aliphatic heterocycles. The second-order valence-electron chi connectivity index (χ2n) is 5.09. The van der Waals surface area contributed by atoms with Crippen LogP contribution in [0.3, 0.4) is 0 Å². The van der Waals surface area contributed by atoms with Crippen LogP contribution in [-0.2, 0) is 7.05 Å². The highest BCUT2D eigenvalue weighted by atomic mass is 16.5. The number of hydrogen-bond acceptors (Lipinski definition) is 2. The minimum Gasteiger partial charge on any atom is -0.497 e. The molecule has 3 rings (SSSR count). The summed E-state index contributed by atoms with van der Waals surface area (Å²) in [5, 5.41) is 4.70. The zero-order valence-electron chi connectivity index (χ0n) is 11.8. The number of methoxy groups -OCH3 is 1. The molecule has 0 unspecified atom stereocenters. The van der Waals surface area contributed by atoms with E-state index in [0.29, 0.717) is 0 Å². The molecule has 0 amide bonds. The van der Waals surface area contributed by atoms with Crippen LogP contribution in [0.1, 0.15) is 17.7 Å². The van der Waals surface area contributed by atoms with Crippen molar-refractivity contribution < 1.29 is 4.74 Å². The maximum Gasteiger partial charge on any atom is 0.120 e. The van der Waals surface area contributed by atoms with E-state index in [9.17, 15) is 0 Å². The van der Waals surface area contributed by atoms with Gasteiger partial charge in [-0.3, -0.25) is 0 Å². The van der Waals surface area contributed by atoms with Gasteiger partial charge < -0.3 is 14.6 Å². The third-order valence-corrected chi connectivity index (χ3v) is 4.09. The molecule has 1 aliphatic rings. The Bertz CT molecular complexity index is 652. The van der Waals surface area contributed by atoms with E-state index in [2.05, 4.69) is 42.1 Å². The van der Waals surface area contributed by atoms with Crippen molar-refractivity contribution in [1.82, 2.24) is 9.88 Å². The molecule has 1 aromatic carbocycles. The molecule has 0 radical (unpaired) electrons. The van der Waals surface area contributed by atoms with Gasteiger partial charge in [-0.2, -0.15) is 0 Å². The first-order valence-corrected chi connectivity index (χ1v) is 6.75. The van der Waals surface area contributed by atoms with Crippen molar-refractivity contribution in [3.63, 3.8) is 0 Å². The predicted molar refractivity (Wildman–Crippen MR) is 79.7 cm³/mol. The molecule has 0 atom stereocenters. The maximum absolute atomic E-state index is 5.33. The molecule has 0 fully saturated rings. The van der Waals surface area contributed by atoms with E-state index in [1.807, 2.05) is 6.07 Å².